The van der Waals surface area contributed by atoms with Gasteiger partial charge in [-0.05, 0) is 42.0 Å². The molecular weight excluding hydrogens is 625 g/mol. The first kappa shape index (κ1) is 31.2. The predicted molar refractivity (Wildman–Crippen MR) is 157 cm³/mol. The first-order valence-electron chi connectivity index (χ1n) is 13.0. The molecule has 44 heavy (non-hydrogen) atoms. The Kier molecular flexibility index (Phi) is 9.08. The predicted octanol–water partition coefficient (Wildman–Crippen LogP) is 6.51. The molecule has 0 fully saturated rings. The van der Waals surface area contributed by atoms with E-state index in [0.717, 1.165) is 24.7 Å². The van der Waals surface area contributed by atoms with Gasteiger partial charge < -0.3 is 15.4 Å². The van der Waals surface area contributed by atoms with E-state index in [1.165, 1.54) is 53.8 Å². The summed E-state index contributed by atoms with van der Waals surface area (Å²) in [4.78, 5) is 12.7. The minimum Gasteiger partial charge on any atom is -0.488 e. The standard InChI is InChI=1S/C29H24F5N5O3S2/c1-44(40,41)8-7-35-13-27-39-25(15-43-27)20-11-21-24(12-23(20)31)36-16-37-28(21)38-19-5-6-26(22(10-19)29(32,33)34)42-14-17-3-2-4-18(30)9-17/h2-6,9-12,15-16,35H,7-8,13-14H2,1H3,(H,36,37,38). The fourth-order valence-corrected chi connectivity index (χ4v) is 5.50. The van der Waals surface area contributed by atoms with Gasteiger partial charge in [-0.1, -0.05) is 12.1 Å². The molecule has 3 aromatic carbocycles. The third kappa shape index (κ3) is 7.84. The number of nitrogens with one attached hydrogen (secondary N) is 2. The molecule has 2 N–H and O–H groups in total. The van der Waals surface area contributed by atoms with Crippen LogP contribution in [-0.2, 0) is 29.2 Å². The number of hydrogen-bond donors (Lipinski definition) is 2. The molecule has 15 heteroatoms. The number of benzene rings is 3. The minimum atomic E-state index is -4.76. The van der Waals surface area contributed by atoms with Crippen LogP contribution in [0.1, 0.15) is 16.1 Å². The highest BCUT2D eigenvalue weighted by Gasteiger charge is 2.35. The molecule has 0 amide bonds. The molecule has 0 bridgehead atoms. The fraction of sp³-hybridized carbons (Fsp3) is 0.207. The second kappa shape index (κ2) is 12.8. The number of sulfone groups is 1. The normalized spacial score (nSPS) is 12.0. The van der Waals surface area contributed by atoms with E-state index in [-0.39, 0.29) is 48.0 Å². The number of nitrogens with zero attached hydrogens (tertiary/aromatic N) is 3. The second-order valence-corrected chi connectivity index (χ2v) is 13.0. The first-order valence-corrected chi connectivity index (χ1v) is 15.9. The molecule has 0 aliphatic rings. The number of aromatic nitrogens is 3. The lowest BCUT2D eigenvalue weighted by Gasteiger charge is -2.16. The number of thiazole rings is 1. The van der Waals surface area contributed by atoms with Gasteiger partial charge in [0, 0.05) is 47.4 Å². The quantitative estimate of drug-likeness (QED) is 0.123. The van der Waals surface area contributed by atoms with Crippen molar-refractivity contribution in [1.82, 2.24) is 20.3 Å². The van der Waals surface area contributed by atoms with Gasteiger partial charge in [-0.2, -0.15) is 13.2 Å². The third-order valence-corrected chi connectivity index (χ3v) is 8.10. The van der Waals surface area contributed by atoms with E-state index in [2.05, 4.69) is 25.6 Å². The summed E-state index contributed by atoms with van der Waals surface area (Å²) >= 11 is 1.26. The van der Waals surface area contributed by atoms with Crippen LogP contribution in [0, 0.1) is 11.6 Å². The highest BCUT2D eigenvalue weighted by Crippen LogP contribution is 2.39. The van der Waals surface area contributed by atoms with Crippen LogP contribution in [0.25, 0.3) is 22.2 Å². The van der Waals surface area contributed by atoms with Crippen LogP contribution in [0.2, 0.25) is 0 Å². The summed E-state index contributed by atoms with van der Waals surface area (Å²) in [6.07, 6.45) is -2.46. The van der Waals surface area contributed by atoms with E-state index in [0.29, 0.717) is 21.7 Å². The highest BCUT2D eigenvalue weighted by atomic mass is 32.2. The Balaban J connectivity index is 1.39. The topological polar surface area (TPSA) is 106 Å². The fourth-order valence-electron chi connectivity index (χ4n) is 4.22. The van der Waals surface area contributed by atoms with Crippen LogP contribution >= 0.6 is 11.3 Å². The molecule has 0 aliphatic heterocycles. The minimum absolute atomic E-state index is 0.0323. The molecule has 2 heterocycles. The van der Waals surface area contributed by atoms with E-state index in [1.54, 1.807) is 5.38 Å². The summed E-state index contributed by atoms with van der Waals surface area (Å²) in [5.41, 5.74) is 0.0231. The Morgan fingerprint density at radius 1 is 1.02 bits per heavy atom. The summed E-state index contributed by atoms with van der Waals surface area (Å²) in [6, 6.07) is 11.4. The Morgan fingerprint density at radius 2 is 1.84 bits per heavy atom. The Bertz CT molecular complexity index is 1920. The van der Waals surface area contributed by atoms with E-state index in [9.17, 15) is 26.0 Å². The number of ether oxygens (including phenoxy) is 1. The number of alkyl halides is 3. The van der Waals surface area contributed by atoms with Gasteiger partial charge in [-0.15, -0.1) is 11.3 Å². The number of halogens is 5. The lowest BCUT2D eigenvalue weighted by atomic mass is 10.1. The van der Waals surface area contributed by atoms with E-state index >= 15 is 4.39 Å². The summed E-state index contributed by atoms with van der Waals surface area (Å²) in [6.45, 7) is 0.253. The molecule has 0 aliphatic carbocycles. The smallest absolute Gasteiger partial charge is 0.420 e. The molecule has 8 nitrogen and oxygen atoms in total. The van der Waals surface area contributed by atoms with Crippen molar-refractivity contribution in [2.45, 2.75) is 19.3 Å². The zero-order valence-corrected chi connectivity index (χ0v) is 24.6. The zero-order chi connectivity index (χ0) is 31.5. The number of anilines is 2. The molecule has 2 aromatic heterocycles. The number of hydrogen-bond acceptors (Lipinski definition) is 9. The van der Waals surface area contributed by atoms with Crippen LogP contribution < -0.4 is 15.4 Å². The van der Waals surface area contributed by atoms with E-state index < -0.39 is 39.0 Å². The average molecular weight is 650 g/mol. The average Bonchev–Trinajstić information content (AvgIpc) is 3.42. The van der Waals surface area contributed by atoms with Gasteiger partial charge >= 0.3 is 6.18 Å². The van der Waals surface area contributed by atoms with Gasteiger partial charge in [-0.25, -0.2) is 32.2 Å². The molecule has 0 saturated carbocycles. The number of fused-ring (bicyclic) bond motifs is 1. The SMILES string of the molecule is CS(=O)(=O)CCNCc1nc(-c2cc3c(Nc4ccc(OCc5cccc(F)c5)c(C(F)(F)F)c4)ncnc3cc2F)cs1. The van der Waals surface area contributed by atoms with Crippen LogP contribution in [0.3, 0.4) is 0 Å². The van der Waals surface area contributed by atoms with Gasteiger partial charge in [-0.3, -0.25) is 0 Å². The van der Waals surface area contributed by atoms with Gasteiger partial charge in [0.05, 0.1) is 22.5 Å². The van der Waals surface area contributed by atoms with Crippen molar-refractivity contribution in [2.24, 2.45) is 0 Å². The van der Waals surface area contributed by atoms with Crippen molar-refractivity contribution in [3.63, 3.8) is 0 Å². The summed E-state index contributed by atoms with van der Waals surface area (Å²) < 4.78 is 98.5. The Morgan fingerprint density at radius 3 is 2.59 bits per heavy atom. The van der Waals surface area contributed by atoms with Crippen molar-refractivity contribution < 1.29 is 35.1 Å². The van der Waals surface area contributed by atoms with Crippen molar-refractivity contribution in [1.29, 1.82) is 0 Å². The van der Waals surface area contributed by atoms with E-state index in [1.807, 2.05) is 0 Å². The molecule has 0 saturated heterocycles. The van der Waals surface area contributed by atoms with Crippen LogP contribution in [-0.4, -0.2) is 41.9 Å². The van der Waals surface area contributed by atoms with Crippen molar-refractivity contribution in [3.05, 3.63) is 94.1 Å². The maximum Gasteiger partial charge on any atom is 0.420 e. The summed E-state index contributed by atoms with van der Waals surface area (Å²) in [7, 11) is -3.12. The van der Waals surface area contributed by atoms with Gasteiger partial charge in [0.15, 0.2) is 0 Å². The second-order valence-electron chi connectivity index (χ2n) is 9.76. The molecule has 5 aromatic rings. The molecule has 0 unspecified atom stereocenters. The van der Waals surface area contributed by atoms with Crippen LogP contribution in [0.4, 0.5) is 33.5 Å². The zero-order valence-electron chi connectivity index (χ0n) is 23.0. The lowest BCUT2D eigenvalue weighted by Crippen LogP contribution is -2.21. The largest absolute Gasteiger partial charge is 0.488 e. The van der Waals surface area contributed by atoms with Crippen LogP contribution in [0.15, 0.2) is 66.3 Å². The molecule has 0 atom stereocenters. The third-order valence-electron chi connectivity index (χ3n) is 6.31. The maximum absolute atomic E-state index is 15.1. The summed E-state index contributed by atoms with van der Waals surface area (Å²) in [5.74, 6) is -1.47. The van der Waals surface area contributed by atoms with Gasteiger partial charge in [0.25, 0.3) is 0 Å². The number of rotatable bonds is 11. The lowest BCUT2D eigenvalue weighted by molar-refractivity contribution is -0.139. The summed E-state index contributed by atoms with van der Waals surface area (Å²) in [5, 5.41) is 8.43. The molecule has 5 rings (SSSR count). The highest BCUT2D eigenvalue weighted by molar-refractivity contribution is 7.90. The monoisotopic (exact) mass is 649 g/mol. The van der Waals surface area contributed by atoms with Crippen LogP contribution in [0.5, 0.6) is 5.75 Å². The van der Waals surface area contributed by atoms with E-state index in [4.69, 9.17) is 4.74 Å². The van der Waals surface area contributed by atoms with Crippen molar-refractivity contribution in [3.8, 4) is 17.0 Å². The molecule has 0 spiro atoms. The van der Waals surface area contributed by atoms with Crippen molar-refractivity contribution >= 4 is 43.6 Å². The molecule has 230 valence electrons. The Labute approximate surface area is 252 Å². The maximum atomic E-state index is 15.1. The van der Waals surface area contributed by atoms with Gasteiger partial charge in [0.1, 0.15) is 51.0 Å². The molecule has 0 radical (unpaired) electrons. The van der Waals surface area contributed by atoms with Crippen molar-refractivity contribution in [2.75, 3.05) is 23.9 Å². The van der Waals surface area contributed by atoms with Gasteiger partial charge in [0.2, 0.25) is 0 Å². The Hall–Kier alpha value is -4.21. The molecular formula is C29H24F5N5O3S2. The first-order chi connectivity index (χ1) is 20.9.